The Hall–Kier alpha value is -3.29. The number of aryl methyl sites for hydroxylation is 1. The number of hydrogen-bond donors (Lipinski definition) is 5. The summed E-state index contributed by atoms with van der Waals surface area (Å²) >= 11 is 0. The van der Waals surface area contributed by atoms with E-state index in [-0.39, 0.29) is 50.3 Å². The quantitative estimate of drug-likeness (QED) is 0.257. The number of benzene rings is 3. The number of ketones is 1. The van der Waals surface area contributed by atoms with E-state index in [0.717, 1.165) is 0 Å². The lowest BCUT2D eigenvalue weighted by Crippen LogP contribution is -2.22. The Morgan fingerprint density at radius 1 is 0.923 bits per heavy atom. The highest BCUT2D eigenvalue weighted by Crippen LogP contribution is 2.55. The molecule has 0 heterocycles. The topological polar surface area (TPSA) is 127 Å². The van der Waals surface area contributed by atoms with Crippen LogP contribution < -0.4 is 0 Å². The zero-order chi connectivity index (χ0) is 18.7. The molecule has 0 aliphatic heterocycles. The van der Waals surface area contributed by atoms with E-state index >= 15 is 0 Å². The lowest BCUT2D eigenvalue weighted by atomic mass is 9.79. The van der Waals surface area contributed by atoms with Crippen LogP contribution in [0.3, 0.4) is 0 Å². The molecule has 3 aromatic carbocycles. The van der Waals surface area contributed by atoms with Crippen molar-refractivity contribution in [2.24, 2.45) is 0 Å². The second-order valence-electron chi connectivity index (χ2n) is 6.24. The van der Waals surface area contributed by atoms with E-state index in [1.807, 2.05) is 0 Å². The molecule has 7 nitrogen and oxygen atoms in total. The lowest BCUT2D eigenvalue weighted by molar-refractivity contribution is -0.266. The number of carbonyl (C=O) groups is 1. The Labute approximate surface area is 146 Å². The van der Waals surface area contributed by atoms with E-state index in [4.69, 9.17) is 0 Å². The molecule has 0 saturated heterocycles. The fourth-order valence-electron chi connectivity index (χ4n) is 3.62. The number of rotatable bonds is 1. The number of carbonyl (C=O) groups excluding carboxylic acids is 1. The summed E-state index contributed by atoms with van der Waals surface area (Å²) in [7, 11) is 0. The molecule has 0 radical (unpaired) electrons. The minimum absolute atomic E-state index is 0.0716. The van der Waals surface area contributed by atoms with Gasteiger partial charge in [0, 0.05) is 22.1 Å². The number of phenols is 4. The Kier molecular flexibility index (Phi) is 3.33. The normalized spacial score (nSPS) is 15.8. The van der Waals surface area contributed by atoms with Gasteiger partial charge in [0.2, 0.25) is 5.78 Å². The predicted octanol–water partition coefficient (Wildman–Crippen LogP) is 3.36. The third-order valence-electron chi connectivity index (χ3n) is 4.67. The minimum atomic E-state index is -1.49. The zero-order valence-corrected chi connectivity index (χ0v) is 13.5. The van der Waals surface area contributed by atoms with Crippen LogP contribution in [-0.4, -0.2) is 31.5 Å². The van der Waals surface area contributed by atoms with Gasteiger partial charge in [-0.25, -0.2) is 4.89 Å². The summed E-state index contributed by atoms with van der Waals surface area (Å²) in [5.74, 6) is -2.33. The van der Waals surface area contributed by atoms with Gasteiger partial charge in [-0.2, -0.15) is 0 Å². The van der Waals surface area contributed by atoms with Crippen LogP contribution in [-0.2, 0) is 4.89 Å². The number of Topliss-reactive ketones (excluding diaryl/α,β-unsaturated/α-hetero) is 1. The van der Waals surface area contributed by atoms with Gasteiger partial charge >= 0.3 is 0 Å². The fourth-order valence-corrected chi connectivity index (χ4v) is 3.62. The van der Waals surface area contributed by atoms with Gasteiger partial charge in [0.1, 0.15) is 23.0 Å². The molecular weight excluding hydrogens is 340 g/mol. The summed E-state index contributed by atoms with van der Waals surface area (Å²) in [6, 6.07) is 7.21. The monoisotopic (exact) mass is 354 g/mol. The number of phenolic OH excluding ortho intramolecular Hbond substituents is 4. The van der Waals surface area contributed by atoms with E-state index < -0.39 is 17.6 Å². The molecule has 0 fully saturated rings. The third kappa shape index (κ3) is 1.92. The average Bonchev–Trinajstić information content (AvgIpc) is 2.58. The zero-order valence-electron chi connectivity index (χ0n) is 13.5. The SMILES string of the molecule is Cc1cc(O)c2c(c1)C(OO)C(=O)c1c-2c(O)c2cccc(O)c2c1O. The lowest BCUT2D eigenvalue weighted by Gasteiger charge is -2.27. The van der Waals surface area contributed by atoms with Crippen molar-refractivity contribution in [1.29, 1.82) is 0 Å². The van der Waals surface area contributed by atoms with Crippen LogP contribution in [0.1, 0.15) is 27.6 Å². The third-order valence-corrected chi connectivity index (χ3v) is 4.67. The van der Waals surface area contributed by atoms with Crippen LogP contribution in [0, 0.1) is 6.92 Å². The van der Waals surface area contributed by atoms with Crippen LogP contribution in [0.2, 0.25) is 0 Å². The summed E-state index contributed by atoms with van der Waals surface area (Å²) in [5, 5.41) is 51.2. The molecule has 1 aliphatic carbocycles. The van der Waals surface area contributed by atoms with Crippen molar-refractivity contribution in [3.05, 3.63) is 47.0 Å². The van der Waals surface area contributed by atoms with Gasteiger partial charge in [0.15, 0.2) is 6.10 Å². The molecule has 1 unspecified atom stereocenters. The second-order valence-corrected chi connectivity index (χ2v) is 6.24. The number of hydrogen-bond acceptors (Lipinski definition) is 7. The first-order valence-electron chi connectivity index (χ1n) is 7.74. The number of fused-ring (bicyclic) bond motifs is 4. The fraction of sp³-hybridized carbons (Fsp3) is 0.105. The highest BCUT2D eigenvalue weighted by molar-refractivity contribution is 6.19. The van der Waals surface area contributed by atoms with Crippen molar-refractivity contribution in [1.82, 2.24) is 0 Å². The molecule has 0 amide bonds. The first kappa shape index (κ1) is 16.2. The summed E-state index contributed by atoms with van der Waals surface area (Å²) in [5.41, 5.74) is 0.425. The molecule has 7 heteroatoms. The molecule has 0 aromatic heterocycles. The molecule has 0 saturated carbocycles. The highest BCUT2D eigenvalue weighted by atomic mass is 17.1. The Balaban J connectivity index is 2.25. The van der Waals surface area contributed by atoms with Gasteiger partial charge < -0.3 is 20.4 Å². The summed E-state index contributed by atoms with van der Waals surface area (Å²) < 4.78 is 0. The first-order chi connectivity index (χ1) is 12.4. The molecule has 3 aromatic rings. The maximum absolute atomic E-state index is 12.8. The van der Waals surface area contributed by atoms with E-state index in [9.17, 15) is 30.5 Å². The first-order valence-corrected chi connectivity index (χ1v) is 7.74. The maximum Gasteiger partial charge on any atom is 0.204 e. The largest absolute Gasteiger partial charge is 0.507 e. The Morgan fingerprint density at radius 3 is 2.35 bits per heavy atom. The molecule has 26 heavy (non-hydrogen) atoms. The average molecular weight is 354 g/mol. The van der Waals surface area contributed by atoms with Crippen molar-refractivity contribution < 1.29 is 35.4 Å². The van der Waals surface area contributed by atoms with Gasteiger partial charge in [-0.3, -0.25) is 10.1 Å². The van der Waals surface area contributed by atoms with Crippen LogP contribution in [0.25, 0.3) is 21.9 Å². The molecule has 5 N–H and O–H groups in total. The predicted molar refractivity (Wildman–Crippen MR) is 91.6 cm³/mol. The molecular formula is C19H14O7. The van der Waals surface area contributed by atoms with E-state index in [1.165, 1.54) is 24.3 Å². The summed E-state index contributed by atoms with van der Waals surface area (Å²) in [4.78, 5) is 17.2. The van der Waals surface area contributed by atoms with Crippen LogP contribution in [0.5, 0.6) is 23.0 Å². The molecule has 4 rings (SSSR count). The van der Waals surface area contributed by atoms with E-state index in [2.05, 4.69) is 4.89 Å². The van der Waals surface area contributed by atoms with E-state index in [1.54, 1.807) is 13.0 Å². The highest BCUT2D eigenvalue weighted by Gasteiger charge is 2.40. The van der Waals surface area contributed by atoms with Crippen molar-refractivity contribution in [3.63, 3.8) is 0 Å². The van der Waals surface area contributed by atoms with Gasteiger partial charge in [0.25, 0.3) is 0 Å². The van der Waals surface area contributed by atoms with Crippen molar-refractivity contribution in [2.45, 2.75) is 13.0 Å². The van der Waals surface area contributed by atoms with Crippen molar-refractivity contribution in [3.8, 4) is 34.1 Å². The minimum Gasteiger partial charge on any atom is -0.507 e. The summed E-state index contributed by atoms with van der Waals surface area (Å²) in [6.45, 7) is 1.68. The molecule has 132 valence electrons. The summed E-state index contributed by atoms with van der Waals surface area (Å²) in [6.07, 6.45) is -1.49. The van der Waals surface area contributed by atoms with Gasteiger partial charge in [-0.05, 0) is 24.6 Å². The van der Waals surface area contributed by atoms with Crippen LogP contribution in [0.15, 0.2) is 30.3 Å². The van der Waals surface area contributed by atoms with Gasteiger partial charge in [-0.1, -0.05) is 18.2 Å². The Morgan fingerprint density at radius 2 is 1.65 bits per heavy atom. The van der Waals surface area contributed by atoms with Crippen molar-refractivity contribution in [2.75, 3.05) is 0 Å². The van der Waals surface area contributed by atoms with Gasteiger partial charge in [-0.15, -0.1) is 0 Å². The maximum atomic E-state index is 12.8. The smallest absolute Gasteiger partial charge is 0.204 e. The van der Waals surface area contributed by atoms with Crippen LogP contribution in [0.4, 0.5) is 0 Å². The Bertz CT molecular complexity index is 1100. The van der Waals surface area contributed by atoms with E-state index in [0.29, 0.717) is 5.56 Å². The second kappa shape index (κ2) is 5.35. The molecule has 0 spiro atoms. The van der Waals surface area contributed by atoms with Gasteiger partial charge in [0.05, 0.1) is 10.9 Å². The molecule has 1 atom stereocenters. The van der Waals surface area contributed by atoms with Crippen molar-refractivity contribution >= 4 is 16.6 Å². The molecule has 1 aliphatic rings. The van der Waals surface area contributed by atoms with Crippen LogP contribution >= 0.6 is 0 Å². The number of aromatic hydroxyl groups is 4. The molecule has 0 bridgehead atoms. The standard InChI is InChI=1S/C19H14O7/c1-7-5-9-12(11(21)6-7)14-15(18(24)19(9)26-25)17(23)13-8(16(14)22)3-2-4-10(13)20/h2-6,19-23,25H,1H3.